The molecule has 1 aromatic heterocycles. The van der Waals surface area contributed by atoms with Gasteiger partial charge >= 0.3 is 18.1 Å². The summed E-state index contributed by atoms with van der Waals surface area (Å²) in [5.41, 5.74) is 2.23. The molecular formula is C25H22F3N3O7. The van der Waals surface area contributed by atoms with Crippen molar-refractivity contribution in [3.63, 3.8) is 0 Å². The molecule has 0 radical (unpaired) electrons. The van der Waals surface area contributed by atoms with E-state index in [1.54, 1.807) is 17.2 Å². The number of carbonyl (C=O) groups is 4. The van der Waals surface area contributed by atoms with Crippen molar-refractivity contribution >= 4 is 34.5 Å². The number of fused-ring (bicyclic) bond motifs is 2. The summed E-state index contributed by atoms with van der Waals surface area (Å²) in [4.78, 5) is 47.7. The van der Waals surface area contributed by atoms with Gasteiger partial charge in [0.05, 0.1) is 29.3 Å². The molecule has 10 nitrogen and oxygen atoms in total. The fourth-order valence-corrected chi connectivity index (χ4v) is 4.56. The first-order valence-electron chi connectivity index (χ1n) is 11.4. The van der Waals surface area contributed by atoms with E-state index in [1.165, 1.54) is 12.1 Å². The summed E-state index contributed by atoms with van der Waals surface area (Å²) < 4.78 is 37.9. The highest BCUT2D eigenvalue weighted by molar-refractivity contribution is 6.03. The molecule has 3 N–H and O–H groups in total. The van der Waals surface area contributed by atoms with Crippen LogP contribution in [0, 0.1) is 6.92 Å². The highest BCUT2D eigenvalue weighted by Crippen LogP contribution is 2.40. The third-order valence-electron chi connectivity index (χ3n) is 6.53. The number of hydrogen-bond donors (Lipinski definition) is 3. The molecule has 38 heavy (non-hydrogen) atoms. The summed E-state index contributed by atoms with van der Waals surface area (Å²) in [6, 6.07) is 8.08. The normalized spacial score (nSPS) is 16.3. The molecule has 2 aromatic carbocycles. The van der Waals surface area contributed by atoms with Crippen LogP contribution < -0.4 is 4.74 Å². The average Bonchev–Trinajstić information content (AvgIpc) is 3.33. The molecule has 3 aromatic rings. The molecule has 0 aliphatic carbocycles. The molecule has 0 unspecified atom stereocenters. The fourth-order valence-electron chi connectivity index (χ4n) is 4.56. The number of rotatable bonds is 2. The van der Waals surface area contributed by atoms with Crippen molar-refractivity contribution in [2.75, 3.05) is 13.1 Å². The molecule has 2 aliphatic rings. The molecule has 1 fully saturated rings. The molecule has 0 bridgehead atoms. The van der Waals surface area contributed by atoms with Crippen LogP contribution in [0.15, 0.2) is 36.5 Å². The number of aryl methyl sites for hydroxylation is 1. The predicted octanol–water partition coefficient (Wildman–Crippen LogP) is 3.84. The molecule has 1 spiro atoms. The maximum Gasteiger partial charge on any atom is 0.490 e. The molecule has 13 heteroatoms. The van der Waals surface area contributed by atoms with Crippen molar-refractivity contribution < 1.29 is 47.3 Å². The van der Waals surface area contributed by atoms with Crippen molar-refractivity contribution in [3.8, 4) is 5.75 Å². The number of halogens is 3. The first kappa shape index (κ1) is 26.6. The van der Waals surface area contributed by atoms with E-state index in [0.29, 0.717) is 42.8 Å². The number of carbonyl (C=O) groups excluding carboxylic acids is 2. The van der Waals surface area contributed by atoms with Gasteiger partial charge < -0.3 is 19.8 Å². The predicted molar refractivity (Wildman–Crippen MR) is 125 cm³/mol. The van der Waals surface area contributed by atoms with E-state index in [-0.39, 0.29) is 23.7 Å². The summed E-state index contributed by atoms with van der Waals surface area (Å²) in [5.74, 6) is -3.58. The number of nitrogens with one attached hydrogen (secondary N) is 1. The number of carboxylic acids is 2. The fraction of sp³-hybridized carbons (Fsp3) is 0.320. The number of piperidine rings is 1. The van der Waals surface area contributed by atoms with Gasteiger partial charge in [-0.05, 0) is 42.8 Å². The number of aromatic amines is 1. The Labute approximate surface area is 213 Å². The lowest BCUT2D eigenvalue weighted by Crippen LogP contribution is -2.52. The summed E-state index contributed by atoms with van der Waals surface area (Å²) in [7, 11) is 0. The SMILES string of the molecule is Cc1cc(C(=O)N2CCC3(CC2)CC(=O)c2cc(C(=O)O)ccc2O3)cc2cn[nH]c12.O=C(O)C(F)(F)F. The minimum atomic E-state index is -5.08. The van der Waals surface area contributed by atoms with Crippen molar-refractivity contribution in [1.82, 2.24) is 15.1 Å². The number of aromatic carboxylic acids is 1. The van der Waals surface area contributed by atoms with Crippen molar-refractivity contribution in [3.05, 3.63) is 58.8 Å². The smallest absolute Gasteiger partial charge is 0.486 e. The van der Waals surface area contributed by atoms with Gasteiger partial charge in [-0.3, -0.25) is 14.7 Å². The zero-order chi connectivity index (χ0) is 27.8. The van der Waals surface area contributed by atoms with E-state index in [9.17, 15) is 27.6 Å². The van der Waals surface area contributed by atoms with Crippen LogP contribution in [0.2, 0.25) is 0 Å². The number of hydrogen-bond acceptors (Lipinski definition) is 6. The Balaban J connectivity index is 0.000000426. The minimum absolute atomic E-state index is 0.0466. The van der Waals surface area contributed by atoms with Gasteiger partial charge in [0.25, 0.3) is 5.91 Å². The lowest BCUT2D eigenvalue weighted by atomic mass is 9.82. The van der Waals surface area contributed by atoms with Crippen molar-refractivity contribution in [2.24, 2.45) is 0 Å². The summed E-state index contributed by atoms with van der Waals surface area (Å²) in [6.45, 7) is 2.91. The molecule has 1 amide bonds. The molecule has 200 valence electrons. The number of aromatic nitrogens is 2. The van der Waals surface area contributed by atoms with Gasteiger partial charge in [-0.25, -0.2) is 9.59 Å². The first-order chi connectivity index (χ1) is 17.8. The lowest BCUT2D eigenvalue weighted by Gasteiger charge is -2.44. The van der Waals surface area contributed by atoms with E-state index < -0.39 is 23.7 Å². The number of benzene rings is 2. The largest absolute Gasteiger partial charge is 0.490 e. The van der Waals surface area contributed by atoms with E-state index in [2.05, 4.69) is 10.2 Å². The molecule has 5 rings (SSSR count). The van der Waals surface area contributed by atoms with Crippen LogP contribution in [0.1, 0.15) is 55.9 Å². The minimum Gasteiger partial charge on any atom is -0.486 e. The summed E-state index contributed by atoms with van der Waals surface area (Å²) in [5, 5.41) is 24.2. The molecule has 2 aliphatic heterocycles. The van der Waals surface area contributed by atoms with Crippen LogP contribution in [-0.4, -0.2) is 73.8 Å². The number of aliphatic carboxylic acids is 1. The van der Waals surface area contributed by atoms with Gasteiger partial charge in [0.1, 0.15) is 11.4 Å². The number of alkyl halides is 3. The van der Waals surface area contributed by atoms with Crippen LogP contribution in [-0.2, 0) is 4.79 Å². The third-order valence-corrected chi connectivity index (χ3v) is 6.53. The zero-order valence-corrected chi connectivity index (χ0v) is 20.0. The van der Waals surface area contributed by atoms with Crippen LogP contribution in [0.3, 0.4) is 0 Å². The monoisotopic (exact) mass is 533 g/mol. The van der Waals surface area contributed by atoms with Crippen LogP contribution in [0.4, 0.5) is 13.2 Å². The van der Waals surface area contributed by atoms with Gasteiger partial charge in [0.15, 0.2) is 5.78 Å². The van der Waals surface area contributed by atoms with Gasteiger partial charge in [0.2, 0.25) is 0 Å². The first-order valence-corrected chi connectivity index (χ1v) is 11.4. The van der Waals surface area contributed by atoms with Gasteiger partial charge in [0, 0.05) is 36.9 Å². The van der Waals surface area contributed by atoms with Gasteiger partial charge in [-0.15, -0.1) is 0 Å². The van der Waals surface area contributed by atoms with Crippen molar-refractivity contribution in [1.29, 1.82) is 0 Å². The number of ketones is 1. The molecule has 0 saturated carbocycles. The maximum absolute atomic E-state index is 13.1. The number of amides is 1. The highest BCUT2D eigenvalue weighted by Gasteiger charge is 2.44. The number of likely N-dealkylation sites (tertiary alicyclic amines) is 1. The third kappa shape index (κ3) is 5.31. The lowest BCUT2D eigenvalue weighted by molar-refractivity contribution is -0.192. The molecule has 1 saturated heterocycles. The molecule has 3 heterocycles. The standard InChI is InChI=1S/C23H21N3O5.C2HF3O2/c1-13-8-15(9-16-12-24-25-20(13)16)21(28)26-6-4-23(5-7-26)11-18(27)17-10-14(22(29)30)2-3-19(17)31-23;3-2(4,5)1(6)7/h2-3,8-10,12H,4-7,11H2,1H3,(H,24,25)(H,29,30);(H,6,7). The zero-order valence-electron chi connectivity index (χ0n) is 20.0. The van der Waals surface area contributed by atoms with Crippen LogP contribution in [0.5, 0.6) is 5.75 Å². The Kier molecular flexibility index (Phi) is 6.87. The maximum atomic E-state index is 13.1. The number of ether oxygens (including phenoxy) is 1. The molecular weight excluding hydrogens is 511 g/mol. The number of Topliss-reactive ketones (excluding diaryl/α,β-unsaturated/α-hetero) is 1. The van der Waals surface area contributed by atoms with E-state index in [0.717, 1.165) is 16.5 Å². The Hall–Kier alpha value is -4.42. The Morgan fingerprint density at radius 1 is 1.08 bits per heavy atom. The Morgan fingerprint density at radius 3 is 2.34 bits per heavy atom. The van der Waals surface area contributed by atoms with Gasteiger partial charge in [-0.2, -0.15) is 18.3 Å². The average molecular weight is 533 g/mol. The van der Waals surface area contributed by atoms with E-state index in [1.807, 2.05) is 19.1 Å². The Morgan fingerprint density at radius 2 is 1.74 bits per heavy atom. The second kappa shape index (κ2) is 9.80. The summed E-state index contributed by atoms with van der Waals surface area (Å²) in [6.07, 6.45) is -2.11. The molecule has 0 atom stereocenters. The Bertz CT molecular complexity index is 1440. The summed E-state index contributed by atoms with van der Waals surface area (Å²) >= 11 is 0. The van der Waals surface area contributed by atoms with Crippen LogP contribution >= 0.6 is 0 Å². The van der Waals surface area contributed by atoms with E-state index >= 15 is 0 Å². The number of nitrogens with zero attached hydrogens (tertiary/aromatic N) is 2. The number of carboxylic acid groups (broad SMARTS) is 2. The quantitative estimate of drug-likeness (QED) is 0.450. The second-order valence-corrected chi connectivity index (χ2v) is 9.12. The van der Waals surface area contributed by atoms with Crippen LogP contribution in [0.25, 0.3) is 10.9 Å². The van der Waals surface area contributed by atoms with E-state index in [4.69, 9.17) is 19.7 Å². The van der Waals surface area contributed by atoms with Gasteiger partial charge in [-0.1, -0.05) is 0 Å². The van der Waals surface area contributed by atoms with Crippen molar-refractivity contribution in [2.45, 2.75) is 38.0 Å². The highest BCUT2D eigenvalue weighted by atomic mass is 19.4. The number of H-pyrrole nitrogens is 1. The topological polar surface area (TPSA) is 150 Å². The second-order valence-electron chi connectivity index (χ2n) is 9.12.